The van der Waals surface area contributed by atoms with Crippen LogP contribution in [0.1, 0.15) is 27.9 Å². The lowest BCUT2D eigenvalue weighted by Crippen LogP contribution is -2.27. The summed E-state index contributed by atoms with van der Waals surface area (Å²) >= 11 is 0. The van der Waals surface area contributed by atoms with E-state index in [1.54, 1.807) is 18.2 Å². The molecule has 136 valence electrons. The number of rotatable bonds is 6. The number of benzene rings is 2. The van der Waals surface area contributed by atoms with Crippen molar-refractivity contribution < 1.29 is 13.2 Å². The molecule has 1 saturated heterocycles. The van der Waals surface area contributed by atoms with Crippen LogP contribution in [0.4, 0.5) is 0 Å². The summed E-state index contributed by atoms with van der Waals surface area (Å²) in [6.07, 6.45) is 3.16. The van der Waals surface area contributed by atoms with Gasteiger partial charge in [-0.25, -0.2) is 8.42 Å². The SMILES string of the molecule is NC(=O)c1cccc(CC2CCN(S(=O)(=O)/C=C/c3ccccc3)C2)c1. The van der Waals surface area contributed by atoms with Crippen molar-refractivity contribution in [2.45, 2.75) is 12.8 Å². The summed E-state index contributed by atoms with van der Waals surface area (Å²) in [6, 6.07) is 16.6. The van der Waals surface area contributed by atoms with Gasteiger partial charge in [-0.3, -0.25) is 4.79 Å². The van der Waals surface area contributed by atoms with Gasteiger partial charge >= 0.3 is 0 Å². The lowest BCUT2D eigenvalue weighted by atomic mass is 9.97. The van der Waals surface area contributed by atoms with E-state index in [4.69, 9.17) is 5.73 Å². The number of nitrogens with two attached hydrogens (primary N) is 1. The fourth-order valence-electron chi connectivity index (χ4n) is 3.19. The highest BCUT2D eigenvalue weighted by atomic mass is 32.2. The fraction of sp³-hybridized carbons (Fsp3) is 0.250. The van der Waals surface area contributed by atoms with Crippen LogP contribution in [0, 0.1) is 5.92 Å². The van der Waals surface area contributed by atoms with Gasteiger partial charge in [0.15, 0.2) is 0 Å². The van der Waals surface area contributed by atoms with Crippen LogP contribution in [0.2, 0.25) is 0 Å². The van der Waals surface area contributed by atoms with Gasteiger partial charge < -0.3 is 5.73 Å². The van der Waals surface area contributed by atoms with Crippen LogP contribution in [-0.4, -0.2) is 31.7 Å². The van der Waals surface area contributed by atoms with E-state index in [1.807, 2.05) is 42.5 Å². The van der Waals surface area contributed by atoms with Gasteiger partial charge in [-0.15, -0.1) is 0 Å². The van der Waals surface area contributed by atoms with Gasteiger partial charge in [0.1, 0.15) is 0 Å². The lowest BCUT2D eigenvalue weighted by Gasteiger charge is -2.14. The highest BCUT2D eigenvalue weighted by Crippen LogP contribution is 2.24. The average molecular weight is 370 g/mol. The lowest BCUT2D eigenvalue weighted by molar-refractivity contribution is 0.1000. The minimum Gasteiger partial charge on any atom is -0.366 e. The number of nitrogens with zero attached hydrogens (tertiary/aromatic N) is 1. The van der Waals surface area contributed by atoms with Crippen LogP contribution < -0.4 is 5.73 Å². The Morgan fingerprint density at radius 3 is 2.65 bits per heavy atom. The number of primary amides is 1. The number of sulfonamides is 1. The molecular weight excluding hydrogens is 348 g/mol. The number of carbonyl (C=O) groups is 1. The summed E-state index contributed by atoms with van der Waals surface area (Å²) in [5, 5.41) is 1.28. The van der Waals surface area contributed by atoms with E-state index in [2.05, 4.69) is 0 Å². The molecule has 26 heavy (non-hydrogen) atoms. The summed E-state index contributed by atoms with van der Waals surface area (Å²) in [6.45, 7) is 1.00. The Morgan fingerprint density at radius 1 is 1.15 bits per heavy atom. The Bertz CT molecular complexity index is 908. The molecule has 0 aromatic heterocycles. The zero-order valence-electron chi connectivity index (χ0n) is 14.4. The quantitative estimate of drug-likeness (QED) is 0.849. The van der Waals surface area contributed by atoms with Gasteiger partial charge in [0.25, 0.3) is 0 Å². The molecule has 1 unspecified atom stereocenters. The molecule has 2 N–H and O–H groups in total. The van der Waals surface area contributed by atoms with Crippen molar-refractivity contribution in [2.75, 3.05) is 13.1 Å². The Labute approximate surface area is 154 Å². The first-order valence-electron chi connectivity index (χ1n) is 8.56. The second-order valence-corrected chi connectivity index (χ2v) is 8.36. The predicted molar refractivity (Wildman–Crippen MR) is 103 cm³/mol. The second kappa shape index (κ2) is 7.85. The molecule has 0 bridgehead atoms. The summed E-state index contributed by atoms with van der Waals surface area (Å²) in [4.78, 5) is 11.3. The van der Waals surface area contributed by atoms with Crippen LogP contribution in [0.5, 0.6) is 0 Å². The van der Waals surface area contributed by atoms with E-state index >= 15 is 0 Å². The van der Waals surface area contributed by atoms with Crippen LogP contribution in [-0.2, 0) is 16.4 Å². The van der Waals surface area contributed by atoms with Gasteiger partial charge in [-0.1, -0.05) is 42.5 Å². The molecule has 0 aliphatic carbocycles. The van der Waals surface area contributed by atoms with E-state index in [0.29, 0.717) is 18.7 Å². The van der Waals surface area contributed by atoms with E-state index < -0.39 is 15.9 Å². The van der Waals surface area contributed by atoms with Gasteiger partial charge in [-0.2, -0.15) is 4.31 Å². The average Bonchev–Trinajstić information content (AvgIpc) is 3.11. The zero-order chi connectivity index (χ0) is 18.6. The van der Waals surface area contributed by atoms with Crippen LogP contribution in [0.3, 0.4) is 0 Å². The Morgan fingerprint density at radius 2 is 1.92 bits per heavy atom. The molecule has 1 aliphatic rings. The summed E-state index contributed by atoms with van der Waals surface area (Å²) in [5.74, 6) is -0.216. The Hall–Kier alpha value is -2.44. The molecule has 0 saturated carbocycles. The maximum Gasteiger partial charge on any atom is 0.248 e. The zero-order valence-corrected chi connectivity index (χ0v) is 15.2. The number of carbonyl (C=O) groups excluding carboxylic acids is 1. The number of hydrogen-bond donors (Lipinski definition) is 1. The maximum absolute atomic E-state index is 12.5. The van der Waals surface area contributed by atoms with Gasteiger partial charge in [-0.05, 0) is 48.1 Å². The van der Waals surface area contributed by atoms with E-state index in [-0.39, 0.29) is 5.92 Å². The van der Waals surface area contributed by atoms with Crippen molar-refractivity contribution in [1.29, 1.82) is 0 Å². The first-order chi connectivity index (χ1) is 12.4. The highest BCUT2D eigenvalue weighted by molar-refractivity contribution is 7.92. The Balaban J connectivity index is 1.63. The van der Waals surface area contributed by atoms with Crippen LogP contribution >= 0.6 is 0 Å². The number of amides is 1. The molecule has 5 nitrogen and oxygen atoms in total. The molecule has 0 spiro atoms. The molecule has 1 atom stereocenters. The monoisotopic (exact) mass is 370 g/mol. The van der Waals surface area contributed by atoms with Crippen molar-refractivity contribution in [3.63, 3.8) is 0 Å². The van der Waals surface area contributed by atoms with Crippen molar-refractivity contribution in [1.82, 2.24) is 4.31 Å². The van der Waals surface area contributed by atoms with Crippen molar-refractivity contribution in [2.24, 2.45) is 11.7 Å². The summed E-state index contributed by atoms with van der Waals surface area (Å²) in [7, 11) is -3.43. The van der Waals surface area contributed by atoms with Crippen molar-refractivity contribution in [3.05, 3.63) is 76.7 Å². The van der Waals surface area contributed by atoms with Crippen LogP contribution in [0.25, 0.3) is 6.08 Å². The van der Waals surface area contributed by atoms with Gasteiger partial charge in [0.05, 0.1) is 0 Å². The molecule has 0 radical (unpaired) electrons. The van der Waals surface area contributed by atoms with Gasteiger partial charge in [0, 0.05) is 24.1 Å². The molecule has 6 heteroatoms. The third kappa shape index (κ3) is 4.59. The number of hydrogen-bond acceptors (Lipinski definition) is 3. The van der Waals surface area contributed by atoms with E-state index in [0.717, 1.165) is 24.0 Å². The normalized spacial score (nSPS) is 18.4. The molecule has 1 amide bonds. The smallest absolute Gasteiger partial charge is 0.248 e. The molecule has 1 fully saturated rings. The molecule has 2 aromatic rings. The first kappa shape index (κ1) is 18.4. The predicted octanol–water partition coefficient (Wildman–Crippen LogP) is 2.65. The van der Waals surface area contributed by atoms with E-state index in [9.17, 15) is 13.2 Å². The third-order valence-electron chi connectivity index (χ3n) is 4.58. The minimum absolute atomic E-state index is 0.234. The third-order valence-corrected chi connectivity index (χ3v) is 6.11. The summed E-state index contributed by atoms with van der Waals surface area (Å²) < 4.78 is 26.6. The molecule has 1 heterocycles. The Kier molecular flexibility index (Phi) is 5.54. The topological polar surface area (TPSA) is 80.5 Å². The minimum atomic E-state index is -3.43. The largest absolute Gasteiger partial charge is 0.366 e. The van der Waals surface area contributed by atoms with Crippen molar-refractivity contribution >= 4 is 22.0 Å². The molecular formula is C20H22N2O3S. The molecule has 2 aromatic carbocycles. The second-order valence-electron chi connectivity index (χ2n) is 6.54. The standard InChI is InChI=1S/C20H22N2O3S/c21-20(23)19-8-4-7-17(14-19)13-18-9-11-22(15-18)26(24,25)12-10-16-5-2-1-3-6-16/h1-8,10,12,14,18H,9,11,13,15H2,(H2,21,23)/b12-10+. The van der Waals surface area contributed by atoms with Crippen molar-refractivity contribution in [3.8, 4) is 0 Å². The highest BCUT2D eigenvalue weighted by Gasteiger charge is 2.29. The maximum atomic E-state index is 12.5. The van der Waals surface area contributed by atoms with Gasteiger partial charge in [0.2, 0.25) is 15.9 Å². The molecule has 3 rings (SSSR count). The van der Waals surface area contributed by atoms with E-state index in [1.165, 1.54) is 9.71 Å². The fourth-order valence-corrected chi connectivity index (χ4v) is 4.47. The van der Waals surface area contributed by atoms with Crippen LogP contribution in [0.15, 0.2) is 60.0 Å². The molecule has 1 aliphatic heterocycles. The first-order valence-corrected chi connectivity index (χ1v) is 10.1. The summed E-state index contributed by atoms with van der Waals surface area (Å²) in [5.41, 5.74) is 7.66.